The highest BCUT2D eigenvalue weighted by molar-refractivity contribution is 7.94. The van der Waals surface area contributed by atoms with Gasteiger partial charge in [0.1, 0.15) is 0 Å². The van der Waals surface area contributed by atoms with E-state index < -0.39 is 31.5 Å². The molecule has 27 heavy (non-hydrogen) atoms. The summed E-state index contributed by atoms with van der Waals surface area (Å²) in [5.74, 6) is -3.08. The van der Waals surface area contributed by atoms with Crippen molar-refractivity contribution in [3.8, 4) is 0 Å². The third kappa shape index (κ3) is 4.36. The molecule has 2 aliphatic heterocycles. The van der Waals surface area contributed by atoms with Gasteiger partial charge in [-0.25, -0.2) is 25.6 Å². The first kappa shape index (κ1) is 19.9. The standard InChI is InChI=1S/C16H18F2N2O5S2/c17-14-2-1-13(10-15(14)18)27(24,25)20-6-4-19(5-7-20)16(21)9-12-3-8-26(22,23)11-12/h1-3,8,10,12H,4-7,9,11H2/t12-/m1/s1. The molecule has 0 aliphatic carbocycles. The lowest BCUT2D eigenvalue weighted by molar-refractivity contribution is -0.132. The summed E-state index contributed by atoms with van der Waals surface area (Å²) in [5.41, 5.74) is 0. The summed E-state index contributed by atoms with van der Waals surface area (Å²) in [6.07, 6.45) is 1.54. The van der Waals surface area contributed by atoms with Crippen molar-refractivity contribution in [1.82, 2.24) is 9.21 Å². The Hall–Kier alpha value is -1.85. The predicted octanol–water partition coefficient (Wildman–Crippen LogP) is 0.746. The van der Waals surface area contributed by atoms with E-state index >= 15 is 0 Å². The summed E-state index contributed by atoms with van der Waals surface area (Å²) >= 11 is 0. The van der Waals surface area contributed by atoms with Gasteiger partial charge in [0, 0.05) is 43.9 Å². The Labute approximate surface area is 156 Å². The van der Waals surface area contributed by atoms with Gasteiger partial charge in [0.2, 0.25) is 15.9 Å². The highest BCUT2D eigenvalue weighted by Crippen LogP contribution is 2.22. The van der Waals surface area contributed by atoms with E-state index in [4.69, 9.17) is 0 Å². The average molecular weight is 420 g/mol. The minimum Gasteiger partial charge on any atom is -0.340 e. The summed E-state index contributed by atoms with van der Waals surface area (Å²) in [7, 11) is -7.22. The van der Waals surface area contributed by atoms with Crippen molar-refractivity contribution in [2.75, 3.05) is 31.9 Å². The summed E-state index contributed by atoms with van der Waals surface area (Å²) < 4.78 is 75.3. The van der Waals surface area contributed by atoms with Gasteiger partial charge in [0.25, 0.3) is 0 Å². The van der Waals surface area contributed by atoms with Gasteiger partial charge in [-0.05, 0) is 18.2 Å². The first-order valence-corrected chi connectivity index (χ1v) is 11.4. The van der Waals surface area contributed by atoms with E-state index in [0.29, 0.717) is 6.07 Å². The average Bonchev–Trinajstić information content (AvgIpc) is 2.95. The molecule has 1 fully saturated rings. The maximum Gasteiger partial charge on any atom is 0.243 e. The fourth-order valence-electron chi connectivity index (χ4n) is 3.08. The highest BCUT2D eigenvalue weighted by Gasteiger charge is 2.32. The Kier molecular flexibility index (Phi) is 5.37. The molecular weight excluding hydrogens is 402 g/mol. The van der Waals surface area contributed by atoms with Crippen LogP contribution in [0.1, 0.15) is 6.42 Å². The van der Waals surface area contributed by atoms with E-state index in [-0.39, 0.29) is 55.1 Å². The largest absolute Gasteiger partial charge is 0.340 e. The molecule has 11 heteroatoms. The van der Waals surface area contributed by atoms with Gasteiger partial charge >= 0.3 is 0 Å². The van der Waals surface area contributed by atoms with E-state index in [1.54, 1.807) is 0 Å². The van der Waals surface area contributed by atoms with Crippen LogP contribution in [0.3, 0.4) is 0 Å². The summed E-state index contributed by atoms with van der Waals surface area (Å²) in [4.78, 5) is 13.4. The molecule has 0 saturated carbocycles. The fraction of sp³-hybridized carbons (Fsp3) is 0.438. The zero-order valence-electron chi connectivity index (χ0n) is 14.2. The number of hydrogen-bond acceptors (Lipinski definition) is 5. The third-order valence-electron chi connectivity index (χ3n) is 4.56. The fourth-order valence-corrected chi connectivity index (χ4v) is 5.92. The molecule has 1 aromatic carbocycles. The quantitative estimate of drug-likeness (QED) is 0.717. The van der Waals surface area contributed by atoms with Crippen molar-refractivity contribution in [3.05, 3.63) is 41.3 Å². The van der Waals surface area contributed by atoms with Crippen LogP contribution in [0.5, 0.6) is 0 Å². The van der Waals surface area contributed by atoms with Crippen molar-refractivity contribution in [2.45, 2.75) is 11.3 Å². The van der Waals surface area contributed by atoms with Gasteiger partial charge in [-0.3, -0.25) is 4.79 Å². The molecule has 0 spiro atoms. The lowest BCUT2D eigenvalue weighted by Crippen LogP contribution is -2.50. The summed E-state index contributed by atoms with van der Waals surface area (Å²) in [6, 6.07) is 2.39. The van der Waals surface area contributed by atoms with Gasteiger partial charge < -0.3 is 4.90 Å². The Morgan fingerprint density at radius 1 is 1.11 bits per heavy atom. The normalized spacial score (nSPS) is 22.9. The summed E-state index contributed by atoms with van der Waals surface area (Å²) in [5, 5.41) is 1.11. The topological polar surface area (TPSA) is 91.8 Å². The first-order valence-electron chi connectivity index (χ1n) is 8.22. The lowest BCUT2D eigenvalue weighted by atomic mass is 10.1. The van der Waals surface area contributed by atoms with Gasteiger partial charge in [0.15, 0.2) is 21.5 Å². The van der Waals surface area contributed by atoms with Crippen LogP contribution in [0, 0.1) is 17.6 Å². The second-order valence-corrected chi connectivity index (χ2v) is 10.4. The Balaban J connectivity index is 1.60. The van der Waals surface area contributed by atoms with Crippen LogP contribution in [0.4, 0.5) is 8.78 Å². The zero-order valence-corrected chi connectivity index (χ0v) is 15.8. The molecule has 1 amide bonds. The number of amides is 1. The number of carbonyl (C=O) groups excluding carboxylic acids is 1. The molecule has 0 N–H and O–H groups in total. The molecule has 1 aromatic rings. The number of rotatable bonds is 4. The van der Waals surface area contributed by atoms with Crippen LogP contribution in [0.25, 0.3) is 0 Å². The number of piperazine rings is 1. The molecule has 0 unspecified atom stereocenters. The van der Waals surface area contributed by atoms with Gasteiger partial charge in [-0.2, -0.15) is 4.31 Å². The summed E-state index contributed by atoms with van der Waals surface area (Å²) in [6.45, 7) is 0.327. The van der Waals surface area contributed by atoms with Crippen molar-refractivity contribution in [2.24, 2.45) is 5.92 Å². The maximum absolute atomic E-state index is 13.3. The molecule has 3 rings (SSSR count). The number of benzene rings is 1. The number of sulfone groups is 1. The second kappa shape index (κ2) is 7.28. The number of carbonyl (C=O) groups is 1. The molecule has 0 aromatic heterocycles. The van der Waals surface area contributed by atoms with Crippen molar-refractivity contribution >= 4 is 25.8 Å². The van der Waals surface area contributed by atoms with Crippen molar-refractivity contribution in [3.63, 3.8) is 0 Å². The number of hydrogen-bond donors (Lipinski definition) is 0. The van der Waals surface area contributed by atoms with Crippen molar-refractivity contribution in [1.29, 1.82) is 0 Å². The molecule has 2 heterocycles. The Morgan fingerprint density at radius 3 is 2.33 bits per heavy atom. The van der Waals surface area contributed by atoms with E-state index in [9.17, 15) is 30.4 Å². The Bertz CT molecular complexity index is 984. The van der Waals surface area contributed by atoms with Crippen LogP contribution in [-0.4, -0.2) is 63.9 Å². The number of nitrogens with zero attached hydrogens (tertiary/aromatic N) is 2. The van der Waals surface area contributed by atoms with E-state index in [1.165, 1.54) is 11.0 Å². The number of allylic oxidation sites excluding steroid dienone is 1. The lowest BCUT2D eigenvalue weighted by Gasteiger charge is -2.34. The monoisotopic (exact) mass is 420 g/mol. The molecule has 0 bridgehead atoms. The molecular formula is C16H18F2N2O5S2. The molecule has 0 radical (unpaired) electrons. The highest BCUT2D eigenvalue weighted by atomic mass is 32.2. The minimum absolute atomic E-state index is 0.0197. The smallest absolute Gasteiger partial charge is 0.243 e. The molecule has 2 aliphatic rings. The van der Waals surface area contributed by atoms with Crippen LogP contribution >= 0.6 is 0 Å². The maximum atomic E-state index is 13.3. The van der Waals surface area contributed by atoms with Crippen LogP contribution in [-0.2, 0) is 24.7 Å². The SMILES string of the molecule is O=C(C[C@H]1C=CS(=O)(=O)C1)N1CCN(S(=O)(=O)c2ccc(F)c(F)c2)CC1. The third-order valence-corrected chi connectivity index (χ3v) is 7.92. The van der Waals surface area contributed by atoms with E-state index in [2.05, 4.69) is 0 Å². The first-order chi connectivity index (χ1) is 12.6. The van der Waals surface area contributed by atoms with Crippen LogP contribution in [0.2, 0.25) is 0 Å². The van der Waals surface area contributed by atoms with Crippen molar-refractivity contribution < 1.29 is 30.4 Å². The number of sulfonamides is 1. The molecule has 1 saturated heterocycles. The number of halogens is 2. The molecule has 1 atom stereocenters. The van der Waals surface area contributed by atoms with Crippen LogP contribution < -0.4 is 0 Å². The molecule has 148 valence electrons. The van der Waals surface area contributed by atoms with Crippen LogP contribution in [0.15, 0.2) is 34.6 Å². The zero-order chi connectivity index (χ0) is 19.8. The predicted molar refractivity (Wildman–Crippen MR) is 92.7 cm³/mol. The minimum atomic E-state index is -3.99. The van der Waals surface area contributed by atoms with Gasteiger partial charge in [-0.15, -0.1) is 0 Å². The van der Waals surface area contributed by atoms with Gasteiger partial charge in [0.05, 0.1) is 10.6 Å². The van der Waals surface area contributed by atoms with E-state index in [0.717, 1.165) is 21.8 Å². The van der Waals surface area contributed by atoms with Gasteiger partial charge in [-0.1, -0.05) is 6.08 Å². The second-order valence-electron chi connectivity index (χ2n) is 6.48. The Morgan fingerprint density at radius 2 is 1.78 bits per heavy atom. The van der Waals surface area contributed by atoms with E-state index in [1.807, 2.05) is 0 Å². The molecule has 7 nitrogen and oxygen atoms in total.